The van der Waals surface area contributed by atoms with Gasteiger partial charge < -0.3 is 14.4 Å². The fraction of sp³-hybridized carbons (Fsp3) is 0.818. The van der Waals surface area contributed by atoms with Gasteiger partial charge in [0.15, 0.2) is 0 Å². The molecule has 1 aliphatic rings. The molecule has 90 valence electrons. The molecule has 1 saturated heterocycles. The maximum absolute atomic E-state index is 9.45. The highest BCUT2D eigenvalue weighted by molar-refractivity contribution is 5.03. The summed E-state index contributed by atoms with van der Waals surface area (Å²) in [6, 6.07) is 0. The van der Waals surface area contributed by atoms with Crippen molar-refractivity contribution in [1.82, 2.24) is 10.1 Å². The summed E-state index contributed by atoms with van der Waals surface area (Å²) in [5, 5.41) is 13.4. The van der Waals surface area contributed by atoms with Crippen molar-refractivity contribution < 1.29 is 14.4 Å². The predicted octanol–water partition coefficient (Wildman–Crippen LogP) is 1.58. The number of aliphatic hydroxyl groups excluding tert-OH is 1. The summed E-state index contributed by atoms with van der Waals surface area (Å²) in [6.45, 7) is 6.29. The lowest BCUT2D eigenvalue weighted by atomic mass is 10.0. The molecular weight excluding hydrogens is 208 g/mol. The second-order valence-corrected chi connectivity index (χ2v) is 4.67. The Bertz CT molecular complexity index is 356. The van der Waals surface area contributed by atoms with Gasteiger partial charge in [0.25, 0.3) is 0 Å². The van der Waals surface area contributed by atoms with Gasteiger partial charge in [-0.05, 0) is 26.7 Å². The summed E-state index contributed by atoms with van der Waals surface area (Å²) >= 11 is 0. The topological polar surface area (TPSA) is 68.4 Å². The molecule has 0 aliphatic carbocycles. The van der Waals surface area contributed by atoms with Gasteiger partial charge in [-0.1, -0.05) is 12.1 Å². The van der Waals surface area contributed by atoms with Crippen LogP contribution in [-0.2, 0) is 10.3 Å². The van der Waals surface area contributed by atoms with Gasteiger partial charge in [0, 0.05) is 6.61 Å². The third-order valence-corrected chi connectivity index (χ3v) is 3.25. The summed E-state index contributed by atoms with van der Waals surface area (Å²) < 4.78 is 10.8. The summed E-state index contributed by atoms with van der Waals surface area (Å²) in [7, 11) is 0. The van der Waals surface area contributed by atoms with Crippen LogP contribution < -0.4 is 0 Å². The molecule has 0 amide bonds. The maximum Gasteiger partial charge on any atom is 0.232 e. The number of rotatable bonds is 3. The van der Waals surface area contributed by atoms with Crippen LogP contribution in [0.2, 0.25) is 0 Å². The molecule has 2 heterocycles. The molecule has 5 nitrogen and oxygen atoms in total. The molecule has 1 fully saturated rings. The Morgan fingerprint density at radius 1 is 1.44 bits per heavy atom. The minimum absolute atomic E-state index is 0.147. The van der Waals surface area contributed by atoms with Gasteiger partial charge in [0.1, 0.15) is 5.60 Å². The summed E-state index contributed by atoms with van der Waals surface area (Å²) in [6.07, 6.45) is 1.44. The normalized spacial score (nSPS) is 29.2. The van der Waals surface area contributed by atoms with Crippen LogP contribution in [0.3, 0.4) is 0 Å². The fourth-order valence-electron chi connectivity index (χ4n) is 1.80. The predicted molar refractivity (Wildman–Crippen MR) is 56.9 cm³/mol. The molecule has 3 atom stereocenters. The van der Waals surface area contributed by atoms with Gasteiger partial charge in [0.05, 0.1) is 12.0 Å². The SMILES string of the molecule is CC(O)C(C)c1nc(C2(C)CCCO2)no1. The monoisotopic (exact) mass is 226 g/mol. The van der Waals surface area contributed by atoms with Crippen molar-refractivity contribution in [3.05, 3.63) is 11.7 Å². The molecule has 2 rings (SSSR count). The van der Waals surface area contributed by atoms with E-state index in [1.807, 2.05) is 13.8 Å². The number of ether oxygens (including phenoxy) is 1. The molecule has 1 aromatic rings. The van der Waals surface area contributed by atoms with Crippen molar-refractivity contribution in [2.24, 2.45) is 0 Å². The molecular formula is C11H18N2O3. The lowest BCUT2D eigenvalue weighted by Crippen LogP contribution is -2.22. The Kier molecular flexibility index (Phi) is 2.99. The van der Waals surface area contributed by atoms with Crippen molar-refractivity contribution in [2.75, 3.05) is 6.61 Å². The van der Waals surface area contributed by atoms with Crippen LogP contribution in [0.25, 0.3) is 0 Å². The van der Waals surface area contributed by atoms with E-state index >= 15 is 0 Å². The zero-order valence-corrected chi connectivity index (χ0v) is 9.93. The van der Waals surface area contributed by atoms with Crippen LogP contribution in [-0.4, -0.2) is 28.0 Å². The number of aliphatic hydroxyl groups is 1. The van der Waals surface area contributed by atoms with Crippen LogP contribution in [0.15, 0.2) is 4.52 Å². The van der Waals surface area contributed by atoms with Crippen molar-refractivity contribution >= 4 is 0 Å². The van der Waals surface area contributed by atoms with Crippen LogP contribution >= 0.6 is 0 Å². The standard InChI is InChI=1S/C11H18N2O3/c1-7(8(2)14)9-12-10(13-16-9)11(3)5-4-6-15-11/h7-8,14H,4-6H2,1-3H3. The highest BCUT2D eigenvalue weighted by atomic mass is 16.5. The van der Waals surface area contributed by atoms with Crippen LogP contribution in [0.5, 0.6) is 0 Å². The zero-order valence-electron chi connectivity index (χ0n) is 9.93. The number of hydrogen-bond donors (Lipinski definition) is 1. The first kappa shape index (κ1) is 11.5. The molecule has 0 saturated carbocycles. The van der Waals surface area contributed by atoms with E-state index in [0.717, 1.165) is 19.4 Å². The summed E-state index contributed by atoms with van der Waals surface area (Å²) in [4.78, 5) is 4.32. The number of nitrogens with zero attached hydrogens (tertiary/aromatic N) is 2. The largest absolute Gasteiger partial charge is 0.393 e. The van der Waals surface area contributed by atoms with Crippen LogP contribution in [0.1, 0.15) is 51.2 Å². The lowest BCUT2D eigenvalue weighted by molar-refractivity contribution is 0.00768. The molecule has 1 aromatic heterocycles. The molecule has 5 heteroatoms. The van der Waals surface area contributed by atoms with Gasteiger partial charge in [0.2, 0.25) is 11.7 Å². The second kappa shape index (κ2) is 4.14. The van der Waals surface area contributed by atoms with Gasteiger partial charge in [-0.2, -0.15) is 4.98 Å². The Hall–Kier alpha value is -0.940. The molecule has 0 radical (unpaired) electrons. The first-order chi connectivity index (χ1) is 7.53. The molecule has 1 N–H and O–H groups in total. The van der Waals surface area contributed by atoms with Crippen molar-refractivity contribution in [1.29, 1.82) is 0 Å². The van der Waals surface area contributed by atoms with Gasteiger partial charge in [-0.25, -0.2) is 0 Å². The van der Waals surface area contributed by atoms with E-state index in [1.165, 1.54) is 0 Å². The average Bonchev–Trinajstić information content (AvgIpc) is 2.85. The molecule has 0 aromatic carbocycles. The van der Waals surface area contributed by atoms with E-state index in [9.17, 15) is 5.11 Å². The Morgan fingerprint density at radius 2 is 2.19 bits per heavy atom. The minimum Gasteiger partial charge on any atom is -0.393 e. The van der Waals surface area contributed by atoms with E-state index in [1.54, 1.807) is 6.92 Å². The summed E-state index contributed by atoms with van der Waals surface area (Å²) in [5.41, 5.74) is -0.417. The Morgan fingerprint density at radius 3 is 2.75 bits per heavy atom. The number of aromatic nitrogens is 2. The average molecular weight is 226 g/mol. The minimum atomic E-state index is -0.495. The highest BCUT2D eigenvalue weighted by Gasteiger charge is 2.37. The highest BCUT2D eigenvalue weighted by Crippen LogP contribution is 2.34. The molecule has 1 aliphatic heterocycles. The molecule has 0 spiro atoms. The smallest absolute Gasteiger partial charge is 0.232 e. The van der Waals surface area contributed by atoms with E-state index in [2.05, 4.69) is 10.1 Å². The zero-order chi connectivity index (χ0) is 11.8. The first-order valence-corrected chi connectivity index (χ1v) is 5.69. The van der Waals surface area contributed by atoms with Crippen molar-refractivity contribution in [3.8, 4) is 0 Å². The van der Waals surface area contributed by atoms with Gasteiger partial charge in [-0.15, -0.1) is 0 Å². The first-order valence-electron chi connectivity index (χ1n) is 5.69. The Balaban J connectivity index is 2.19. The third kappa shape index (κ3) is 1.97. The van der Waals surface area contributed by atoms with Crippen LogP contribution in [0, 0.1) is 0 Å². The third-order valence-electron chi connectivity index (χ3n) is 3.25. The van der Waals surface area contributed by atoms with E-state index < -0.39 is 11.7 Å². The van der Waals surface area contributed by atoms with E-state index in [-0.39, 0.29) is 5.92 Å². The van der Waals surface area contributed by atoms with Gasteiger partial charge in [-0.3, -0.25) is 0 Å². The van der Waals surface area contributed by atoms with E-state index in [4.69, 9.17) is 9.26 Å². The van der Waals surface area contributed by atoms with Gasteiger partial charge >= 0.3 is 0 Å². The Labute approximate surface area is 94.8 Å². The number of hydrogen-bond acceptors (Lipinski definition) is 5. The van der Waals surface area contributed by atoms with Crippen molar-refractivity contribution in [2.45, 2.75) is 51.2 Å². The molecule has 16 heavy (non-hydrogen) atoms. The lowest BCUT2D eigenvalue weighted by Gasteiger charge is -2.17. The summed E-state index contributed by atoms with van der Waals surface area (Å²) in [5.74, 6) is 0.917. The van der Waals surface area contributed by atoms with Crippen LogP contribution in [0.4, 0.5) is 0 Å². The maximum atomic E-state index is 9.45. The molecule has 3 unspecified atom stereocenters. The quantitative estimate of drug-likeness (QED) is 0.847. The molecule has 0 bridgehead atoms. The second-order valence-electron chi connectivity index (χ2n) is 4.67. The van der Waals surface area contributed by atoms with Crippen molar-refractivity contribution in [3.63, 3.8) is 0 Å². The fourth-order valence-corrected chi connectivity index (χ4v) is 1.80. The van der Waals surface area contributed by atoms with E-state index in [0.29, 0.717) is 11.7 Å².